The minimum absolute atomic E-state index is 0.0600. The molecule has 0 spiro atoms. The van der Waals surface area contributed by atoms with Gasteiger partial charge in [-0.15, -0.1) is 17.9 Å². The molecule has 4 aromatic rings. The fourth-order valence-corrected chi connectivity index (χ4v) is 5.29. The first-order valence-corrected chi connectivity index (χ1v) is 12.1. The third-order valence-corrected chi connectivity index (χ3v) is 6.81. The van der Waals surface area contributed by atoms with E-state index in [4.69, 9.17) is 9.72 Å². The van der Waals surface area contributed by atoms with Gasteiger partial charge in [-0.25, -0.2) is 9.78 Å². The molecule has 7 heteroatoms. The van der Waals surface area contributed by atoms with Gasteiger partial charge in [-0.05, 0) is 30.2 Å². The molecule has 5 nitrogen and oxygen atoms in total. The largest absolute Gasteiger partial charge is 0.462 e. The molecule has 2 heterocycles. The van der Waals surface area contributed by atoms with Gasteiger partial charge in [0.2, 0.25) is 0 Å². The number of thioether (sulfide) groups is 1. The molecule has 4 rings (SSSR count). The van der Waals surface area contributed by atoms with Crippen LogP contribution in [0.3, 0.4) is 0 Å². The normalized spacial score (nSPS) is 10.9. The number of carbonyl (C=O) groups is 1. The molecule has 32 heavy (non-hydrogen) atoms. The highest BCUT2D eigenvalue weighted by Gasteiger charge is 2.17. The number of allylic oxidation sites excluding steroid dienone is 1. The number of hydrogen-bond acceptors (Lipinski definition) is 6. The summed E-state index contributed by atoms with van der Waals surface area (Å²) in [5, 5.41) is 3.29. The highest BCUT2D eigenvalue weighted by Crippen LogP contribution is 2.32. The van der Waals surface area contributed by atoms with Gasteiger partial charge in [-0.3, -0.25) is 9.36 Å². The Morgan fingerprint density at radius 3 is 2.62 bits per heavy atom. The van der Waals surface area contributed by atoms with Crippen molar-refractivity contribution in [3.63, 3.8) is 0 Å². The van der Waals surface area contributed by atoms with Crippen molar-refractivity contribution >= 4 is 39.3 Å². The van der Waals surface area contributed by atoms with Crippen LogP contribution in [0.25, 0.3) is 21.3 Å². The van der Waals surface area contributed by atoms with Crippen LogP contribution in [-0.4, -0.2) is 22.1 Å². The van der Waals surface area contributed by atoms with Crippen molar-refractivity contribution in [3.8, 4) is 11.1 Å². The molecule has 0 fully saturated rings. The maximum atomic E-state index is 13.4. The number of ether oxygens (including phenoxy) is 1. The third kappa shape index (κ3) is 4.54. The van der Waals surface area contributed by atoms with E-state index >= 15 is 0 Å². The molecule has 2 aromatic carbocycles. The van der Waals surface area contributed by atoms with Crippen molar-refractivity contribution in [2.45, 2.75) is 24.4 Å². The van der Waals surface area contributed by atoms with Crippen molar-refractivity contribution in [3.05, 3.63) is 94.1 Å². The summed E-state index contributed by atoms with van der Waals surface area (Å²) in [6, 6.07) is 17.2. The predicted molar refractivity (Wildman–Crippen MR) is 131 cm³/mol. The molecule has 0 radical (unpaired) electrons. The average Bonchev–Trinajstić information content (AvgIpc) is 3.25. The van der Waals surface area contributed by atoms with Gasteiger partial charge in [0.25, 0.3) is 5.56 Å². The number of thiophene rings is 1. The van der Waals surface area contributed by atoms with Crippen molar-refractivity contribution < 1.29 is 9.53 Å². The minimum Gasteiger partial charge on any atom is -0.462 e. The standard InChI is InChI=1S/C25H22N2O3S2/c1-3-14-27-23(28)21-20(18-8-6-5-7-9-18)16-31-22(21)26-25(27)32-15-17-10-12-19(13-11-17)24(29)30-4-2/h3,5-13,16H,1,4,14-15H2,2H3. The van der Waals surface area contributed by atoms with E-state index in [-0.39, 0.29) is 11.5 Å². The molecule has 0 amide bonds. The summed E-state index contributed by atoms with van der Waals surface area (Å²) in [5.74, 6) is 0.292. The van der Waals surface area contributed by atoms with Gasteiger partial charge >= 0.3 is 5.97 Å². The first-order chi connectivity index (χ1) is 15.6. The van der Waals surface area contributed by atoms with E-state index in [1.165, 1.54) is 23.1 Å². The molecule has 0 N–H and O–H groups in total. The van der Waals surface area contributed by atoms with Crippen molar-refractivity contribution in [2.24, 2.45) is 0 Å². The second-order valence-corrected chi connectivity index (χ2v) is 8.80. The molecule has 0 aliphatic heterocycles. The number of carbonyl (C=O) groups excluding carboxylic acids is 1. The Morgan fingerprint density at radius 2 is 1.94 bits per heavy atom. The number of esters is 1. The van der Waals surface area contributed by atoms with E-state index in [2.05, 4.69) is 6.58 Å². The van der Waals surface area contributed by atoms with Gasteiger partial charge in [-0.2, -0.15) is 0 Å². The second kappa shape index (κ2) is 9.97. The molecule has 0 bridgehead atoms. The van der Waals surface area contributed by atoms with Crippen LogP contribution >= 0.6 is 23.1 Å². The van der Waals surface area contributed by atoms with Gasteiger partial charge in [0.1, 0.15) is 4.83 Å². The first-order valence-electron chi connectivity index (χ1n) is 10.2. The summed E-state index contributed by atoms with van der Waals surface area (Å²) in [5.41, 5.74) is 3.40. The highest BCUT2D eigenvalue weighted by atomic mass is 32.2. The van der Waals surface area contributed by atoms with Gasteiger partial charge in [0.15, 0.2) is 5.16 Å². The summed E-state index contributed by atoms with van der Waals surface area (Å²) in [6.45, 7) is 6.32. The Kier molecular flexibility index (Phi) is 6.87. The van der Waals surface area contributed by atoms with Crippen molar-refractivity contribution in [1.29, 1.82) is 0 Å². The summed E-state index contributed by atoms with van der Waals surface area (Å²) in [7, 11) is 0. The van der Waals surface area contributed by atoms with E-state index < -0.39 is 0 Å². The maximum Gasteiger partial charge on any atom is 0.338 e. The van der Waals surface area contributed by atoms with E-state index in [9.17, 15) is 9.59 Å². The van der Waals surface area contributed by atoms with Gasteiger partial charge in [-0.1, -0.05) is 60.3 Å². The smallest absolute Gasteiger partial charge is 0.338 e. The number of rotatable bonds is 8. The molecule has 0 unspecified atom stereocenters. The molecule has 0 atom stereocenters. The Morgan fingerprint density at radius 1 is 1.19 bits per heavy atom. The first kappa shape index (κ1) is 22.0. The van der Waals surface area contributed by atoms with E-state index in [1.807, 2.05) is 47.8 Å². The molecule has 0 saturated carbocycles. The SMILES string of the molecule is C=CCn1c(SCc2ccc(C(=O)OCC)cc2)nc2scc(-c3ccccc3)c2c1=O. The van der Waals surface area contributed by atoms with Crippen LogP contribution in [-0.2, 0) is 17.0 Å². The lowest BCUT2D eigenvalue weighted by atomic mass is 10.1. The van der Waals surface area contributed by atoms with E-state index in [0.29, 0.717) is 35.0 Å². The molecule has 0 aliphatic carbocycles. The molecular formula is C25H22N2O3S2. The number of fused-ring (bicyclic) bond motifs is 1. The molecule has 0 saturated heterocycles. The Bertz CT molecular complexity index is 1310. The van der Waals surface area contributed by atoms with Gasteiger partial charge < -0.3 is 4.74 Å². The fraction of sp³-hybridized carbons (Fsp3) is 0.160. The van der Waals surface area contributed by atoms with Crippen LogP contribution < -0.4 is 5.56 Å². The second-order valence-electron chi connectivity index (χ2n) is 7.00. The zero-order valence-corrected chi connectivity index (χ0v) is 19.2. The lowest BCUT2D eigenvalue weighted by Crippen LogP contribution is -2.22. The monoisotopic (exact) mass is 462 g/mol. The quantitative estimate of drug-likeness (QED) is 0.144. The minimum atomic E-state index is -0.328. The average molecular weight is 463 g/mol. The zero-order valence-electron chi connectivity index (χ0n) is 17.6. The lowest BCUT2D eigenvalue weighted by molar-refractivity contribution is 0.0526. The van der Waals surface area contributed by atoms with Crippen molar-refractivity contribution in [1.82, 2.24) is 9.55 Å². The molecule has 0 aliphatic rings. The maximum absolute atomic E-state index is 13.4. The Hall–Kier alpha value is -3.16. The van der Waals surface area contributed by atoms with Crippen LogP contribution in [0.1, 0.15) is 22.8 Å². The van der Waals surface area contributed by atoms with Gasteiger partial charge in [0, 0.05) is 23.2 Å². The summed E-state index contributed by atoms with van der Waals surface area (Å²) < 4.78 is 6.70. The van der Waals surface area contributed by atoms with Crippen LogP contribution in [0.5, 0.6) is 0 Å². The number of nitrogens with zero attached hydrogens (tertiary/aromatic N) is 2. The van der Waals surface area contributed by atoms with Gasteiger partial charge in [0.05, 0.1) is 17.6 Å². The fourth-order valence-electron chi connectivity index (χ4n) is 3.34. The van der Waals surface area contributed by atoms with Crippen LogP contribution in [0.2, 0.25) is 0 Å². The molecular weight excluding hydrogens is 440 g/mol. The van der Waals surface area contributed by atoms with Crippen molar-refractivity contribution in [2.75, 3.05) is 6.61 Å². The molecule has 162 valence electrons. The van der Waals surface area contributed by atoms with Crippen LogP contribution in [0.4, 0.5) is 0 Å². The van der Waals surface area contributed by atoms with Crippen LogP contribution in [0, 0.1) is 0 Å². The number of benzene rings is 2. The number of aromatic nitrogens is 2. The topological polar surface area (TPSA) is 61.2 Å². The summed E-state index contributed by atoms with van der Waals surface area (Å²) in [6.07, 6.45) is 1.71. The van der Waals surface area contributed by atoms with E-state index in [1.54, 1.807) is 29.7 Å². The third-order valence-electron chi connectivity index (χ3n) is 4.89. The Balaban J connectivity index is 1.64. The number of hydrogen-bond donors (Lipinski definition) is 0. The zero-order chi connectivity index (χ0) is 22.5. The lowest BCUT2D eigenvalue weighted by Gasteiger charge is -2.11. The summed E-state index contributed by atoms with van der Waals surface area (Å²) >= 11 is 2.97. The highest BCUT2D eigenvalue weighted by molar-refractivity contribution is 7.98. The summed E-state index contributed by atoms with van der Waals surface area (Å²) in [4.78, 5) is 30.8. The van der Waals surface area contributed by atoms with Crippen LogP contribution in [0.15, 0.2) is 82.6 Å². The Labute approximate surface area is 194 Å². The predicted octanol–water partition coefficient (Wildman–Crippen LogP) is 5.78. The molecule has 2 aromatic heterocycles. The van der Waals surface area contributed by atoms with E-state index in [0.717, 1.165) is 21.5 Å².